The van der Waals surface area contributed by atoms with Crippen LogP contribution in [0.25, 0.3) is 16.4 Å². The lowest BCUT2D eigenvalue weighted by molar-refractivity contribution is 0.589. The largest absolute Gasteiger partial charge is 0.369 e. The summed E-state index contributed by atoms with van der Waals surface area (Å²) in [6, 6.07) is 6.08. The number of halogens is 1. The number of hydrogen-bond donors (Lipinski definition) is 3. The molecule has 5 rings (SSSR count). The van der Waals surface area contributed by atoms with E-state index in [0.717, 1.165) is 59.7 Å². The average Bonchev–Trinajstić information content (AvgIpc) is 3.27. The minimum Gasteiger partial charge on any atom is -0.369 e. The Hall–Kier alpha value is -2.84. The van der Waals surface area contributed by atoms with Gasteiger partial charge in [0.1, 0.15) is 0 Å². The lowest BCUT2D eigenvalue weighted by Crippen LogP contribution is -2.43. The molecular weight excluding hydrogens is 376 g/mol. The number of nitrogens with zero attached hydrogens (tertiary/aromatic N) is 5. The SMILES string of the molecule is Cc1cn2nc(Nc3n[nH]c4cc(N5CCNCC5)cc(Cl)c34)cc2c(C)n1. The minimum absolute atomic E-state index is 0.664. The number of H-pyrrole nitrogens is 1. The van der Waals surface area contributed by atoms with Gasteiger partial charge in [-0.1, -0.05) is 11.6 Å². The molecule has 0 saturated carbocycles. The van der Waals surface area contributed by atoms with E-state index in [-0.39, 0.29) is 0 Å². The van der Waals surface area contributed by atoms with Crippen LogP contribution >= 0.6 is 11.6 Å². The summed E-state index contributed by atoms with van der Waals surface area (Å²) in [5, 5.41) is 20.3. The van der Waals surface area contributed by atoms with Crippen LogP contribution in [0.3, 0.4) is 0 Å². The standard InChI is InChI=1S/C19H21ClN8/c1-11-10-28-16(12(2)22-11)9-17(26-28)23-19-18-14(20)7-13(8-15(18)24-25-19)27-5-3-21-4-6-27/h7-10,21H,3-6H2,1-2H3,(H2,23,24,25,26). The number of piperazine rings is 1. The van der Waals surface area contributed by atoms with Crippen LogP contribution in [-0.2, 0) is 0 Å². The Morgan fingerprint density at radius 1 is 1.14 bits per heavy atom. The van der Waals surface area contributed by atoms with Crippen molar-refractivity contribution in [1.29, 1.82) is 0 Å². The Morgan fingerprint density at radius 3 is 2.79 bits per heavy atom. The van der Waals surface area contributed by atoms with Gasteiger partial charge in [-0.3, -0.25) is 10.1 Å². The fourth-order valence-corrected chi connectivity index (χ4v) is 4.07. The van der Waals surface area contributed by atoms with E-state index in [1.807, 2.05) is 36.7 Å². The number of anilines is 3. The first-order valence-corrected chi connectivity index (χ1v) is 9.70. The fraction of sp³-hybridized carbons (Fsp3) is 0.316. The van der Waals surface area contributed by atoms with Crippen LogP contribution in [-0.4, -0.2) is 51.0 Å². The molecule has 0 aliphatic carbocycles. The molecule has 0 bridgehead atoms. The molecular formula is C19H21ClN8. The highest BCUT2D eigenvalue weighted by Crippen LogP contribution is 2.34. The zero-order chi connectivity index (χ0) is 19.3. The van der Waals surface area contributed by atoms with Gasteiger partial charge in [0.05, 0.1) is 39.0 Å². The first kappa shape index (κ1) is 17.3. The molecule has 0 atom stereocenters. The number of hydrogen-bond acceptors (Lipinski definition) is 6. The molecule has 4 aromatic rings. The molecule has 0 unspecified atom stereocenters. The van der Waals surface area contributed by atoms with Gasteiger partial charge in [0, 0.05) is 37.9 Å². The molecule has 0 radical (unpaired) electrons. The van der Waals surface area contributed by atoms with Crippen molar-refractivity contribution in [3.8, 4) is 0 Å². The smallest absolute Gasteiger partial charge is 0.162 e. The normalized spacial score (nSPS) is 14.9. The number of aromatic amines is 1. The van der Waals surface area contributed by atoms with Crippen molar-refractivity contribution in [2.24, 2.45) is 0 Å². The molecule has 1 aromatic carbocycles. The van der Waals surface area contributed by atoms with Crippen molar-refractivity contribution >= 4 is 45.3 Å². The van der Waals surface area contributed by atoms with Crippen LogP contribution < -0.4 is 15.5 Å². The summed E-state index contributed by atoms with van der Waals surface area (Å²) in [5.41, 5.74) is 4.83. The molecule has 3 aromatic heterocycles. The zero-order valence-electron chi connectivity index (χ0n) is 15.8. The molecule has 28 heavy (non-hydrogen) atoms. The number of nitrogens with one attached hydrogen (secondary N) is 3. The summed E-state index contributed by atoms with van der Waals surface area (Å²) in [6.07, 6.45) is 1.91. The maximum atomic E-state index is 6.64. The lowest BCUT2D eigenvalue weighted by Gasteiger charge is -2.29. The molecule has 8 nitrogen and oxygen atoms in total. The van der Waals surface area contributed by atoms with E-state index < -0.39 is 0 Å². The Kier molecular flexibility index (Phi) is 4.10. The molecule has 144 valence electrons. The first-order valence-electron chi connectivity index (χ1n) is 9.32. The summed E-state index contributed by atoms with van der Waals surface area (Å²) in [5.74, 6) is 1.36. The first-order chi connectivity index (χ1) is 13.6. The second-order valence-electron chi connectivity index (χ2n) is 7.11. The predicted molar refractivity (Wildman–Crippen MR) is 112 cm³/mol. The minimum atomic E-state index is 0.664. The second kappa shape index (κ2) is 6.65. The van der Waals surface area contributed by atoms with Gasteiger partial charge < -0.3 is 15.5 Å². The maximum Gasteiger partial charge on any atom is 0.162 e. The third kappa shape index (κ3) is 2.94. The van der Waals surface area contributed by atoms with Gasteiger partial charge in [0.15, 0.2) is 11.6 Å². The van der Waals surface area contributed by atoms with Gasteiger partial charge in [-0.15, -0.1) is 5.10 Å². The summed E-state index contributed by atoms with van der Waals surface area (Å²) in [6.45, 7) is 7.83. The molecule has 1 saturated heterocycles. The van der Waals surface area contributed by atoms with E-state index in [1.54, 1.807) is 0 Å². The Balaban J connectivity index is 1.50. The van der Waals surface area contributed by atoms with Gasteiger partial charge >= 0.3 is 0 Å². The molecule has 0 spiro atoms. The van der Waals surface area contributed by atoms with Gasteiger partial charge in [-0.2, -0.15) is 5.10 Å². The van der Waals surface area contributed by atoms with Crippen molar-refractivity contribution in [1.82, 2.24) is 30.1 Å². The Labute approximate surface area is 166 Å². The molecule has 4 heterocycles. The van der Waals surface area contributed by atoms with Gasteiger partial charge in [0.25, 0.3) is 0 Å². The molecule has 1 aliphatic rings. The van der Waals surface area contributed by atoms with E-state index in [9.17, 15) is 0 Å². The molecule has 9 heteroatoms. The van der Waals surface area contributed by atoms with Crippen molar-refractivity contribution in [3.63, 3.8) is 0 Å². The van der Waals surface area contributed by atoms with Crippen LogP contribution in [0.15, 0.2) is 24.4 Å². The zero-order valence-corrected chi connectivity index (χ0v) is 16.5. The van der Waals surface area contributed by atoms with Crippen LogP contribution in [0, 0.1) is 13.8 Å². The van der Waals surface area contributed by atoms with E-state index in [1.165, 1.54) is 0 Å². The van der Waals surface area contributed by atoms with Crippen molar-refractivity contribution in [2.45, 2.75) is 13.8 Å². The monoisotopic (exact) mass is 396 g/mol. The Bertz CT molecular complexity index is 1170. The second-order valence-corrected chi connectivity index (χ2v) is 7.52. The van der Waals surface area contributed by atoms with Crippen LogP contribution in [0.4, 0.5) is 17.3 Å². The van der Waals surface area contributed by atoms with Gasteiger partial charge in [-0.25, -0.2) is 4.52 Å². The fourth-order valence-electron chi connectivity index (χ4n) is 3.76. The summed E-state index contributed by atoms with van der Waals surface area (Å²) < 4.78 is 1.83. The maximum absolute atomic E-state index is 6.64. The van der Waals surface area contributed by atoms with E-state index in [2.05, 4.69) is 41.9 Å². The highest BCUT2D eigenvalue weighted by Gasteiger charge is 2.17. The predicted octanol–water partition coefficient (Wildman–Crippen LogP) is 3.03. The van der Waals surface area contributed by atoms with Crippen molar-refractivity contribution in [2.75, 3.05) is 36.4 Å². The topological polar surface area (TPSA) is 86.2 Å². The molecule has 0 amide bonds. The summed E-state index contributed by atoms with van der Waals surface area (Å²) >= 11 is 6.64. The molecule has 1 fully saturated rings. The van der Waals surface area contributed by atoms with Gasteiger partial charge in [-0.05, 0) is 26.0 Å². The number of rotatable bonds is 3. The van der Waals surface area contributed by atoms with E-state index >= 15 is 0 Å². The number of fused-ring (bicyclic) bond motifs is 2. The Morgan fingerprint density at radius 2 is 1.96 bits per heavy atom. The van der Waals surface area contributed by atoms with Gasteiger partial charge in [0.2, 0.25) is 0 Å². The number of aryl methyl sites for hydroxylation is 2. The third-order valence-corrected chi connectivity index (χ3v) is 5.39. The highest BCUT2D eigenvalue weighted by molar-refractivity contribution is 6.36. The van der Waals surface area contributed by atoms with Crippen LogP contribution in [0.1, 0.15) is 11.4 Å². The summed E-state index contributed by atoms with van der Waals surface area (Å²) in [7, 11) is 0. The summed E-state index contributed by atoms with van der Waals surface area (Å²) in [4.78, 5) is 6.82. The van der Waals surface area contributed by atoms with Crippen molar-refractivity contribution < 1.29 is 0 Å². The van der Waals surface area contributed by atoms with E-state index in [0.29, 0.717) is 16.7 Å². The number of aromatic nitrogens is 5. The lowest BCUT2D eigenvalue weighted by atomic mass is 10.2. The average molecular weight is 397 g/mol. The van der Waals surface area contributed by atoms with Crippen LogP contribution in [0.2, 0.25) is 5.02 Å². The van der Waals surface area contributed by atoms with Crippen LogP contribution in [0.5, 0.6) is 0 Å². The van der Waals surface area contributed by atoms with Crippen molar-refractivity contribution in [3.05, 3.63) is 40.8 Å². The van der Waals surface area contributed by atoms with E-state index in [4.69, 9.17) is 11.6 Å². The molecule has 3 N–H and O–H groups in total. The third-order valence-electron chi connectivity index (χ3n) is 5.09. The number of benzene rings is 1. The molecule has 1 aliphatic heterocycles. The highest BCUT2D eigenvalue weighted by atomic mass is 35.5. The quantitative estimate of drug-likeness (QED) is 0.493.